The summed E-state index contributed by atoms with van der Waals surface area (Å²) < 4.78 is 12.3. The molecule has 0 bridgehead atoms. The lowest BCUT2D eigenvalue weighted by molar-refractivity contribution is 0.0954. The van der Waals surface area contributed by atoms with Crippen molar-refractivity contribution in [3.8, 4) is 17.3 Å². The second-order valence-electron chi connectivity index (χ2n) is 5.64. The molecular weight excluding hydrogens is 346 g/mol. The van der Waals surface area contributed by atoms with Gasteiger partial charge in [-0.2, -0.15) is 0 Å². The fourth-order valence-corrected chi connectivity index (χ4v) is 2.48. The summed E-state index contributed by atoms with van der Waals surface area (Å²) in [5.41, 5.74) is 0.475. The Kier molecular flexibility index (Phi) is 5.88. The largest absolute Gasteiger partial charge is 0.497 e. The molecule has 8 heteroatoms. The molecule has 0 unspecified atom stereocenters. The molecule has 2 heterocycles. The predicted molar refractivity (Wildman–Crippen MR) is 102 cm³/mol. The zero-order valence-corrected chi connectivity index (χ0v) is 15.2. The molecule has 0 radical (unpaired) electrons. The molecule has 2 aromatic heterocycles. The van der Waals surface area contributed by atoms with E-state index in [0.29, 0.717) is 36.0 Å². The molecular formula is C19H21N5O3. The third-order valence-corrected chi connectivity index (χ3v) is 3.85. The summed E-state index contributed by atoms with van der Waals surface area (Å²) in [4.78, 5) is 20.7. The number of carbonyl (C=O) groups is 1. The van der Waals surface area contributed by atoms with Gasteiger partial charge in [0.1, 0.15) is 29.5 Å². The van der Waals surface area contributed by atoms with Crippen LogP contribution in [0, 0.1) is 0 Å². The van der Waals surface area contributed by atoms with Crippen molar-refractivity contribution in [2.45, 2.75) is 0 Å². The van der Waals surface area contributed by atoms with Gasteiger partial charge in [-0.05, 0) is 24.3 Å². The average Bonchev–Trinajstić information content (AvgIpc) is 3.25. The van der Waals surface area contributed by atoms with E-state index in [0.717, 1.165) is 5.82 Å². The lowest BCUT2D eigenvalue weighted by Crippen LogP contribution is -2.29. The summed E-state index contributed by atoms with van der Waals surface area (Å²) in [5, 5.41) is 6.02. The van der Waals surface area contributed by atoms with Gasteiger partial charge in [-0.25, -0.2) is 9.97 Å². The predicted octanol–water partition coefficient (Wildman–Crippen LogP) is 2.13. The quantitative estimate of drug-likeness (QED) is 0.593. The van der Waals surface area contributed by atoms with Gasteiger partial charge in [-0.1, -0.05) is 0 Å². The number of nitrogens with zero attached hydrogens (tertiary/aromatic N) is 3. The minimum absolute atomic E-state index is 0.204. The highest BCUT2D eigenvalue weighted by molar-refractivity contribution is 5.95. The number of hydrogen-bond donors (Lipinski definition) is 2. The summed E-state index contributed by atoms with van der Waals surface area (Å²) in [5.74, 6) is 2.38. The van der Waals surface area contributed by atoms with E-state index in [1.807, 2.05) is 35.2 Å². The Morgan fingerprint density at radius 3 is 2.37 bits per heavy atom. The summed E-state index contributed by atoms with van der Waals surface area (Å²) in [6, 6.07) is 10.7. The van der Waals surface area contributed by atoms with E-state index in [1.54, 1.807) is 32.4 Å². The average molecular weight is 367 g/mol. The molecule has 0 aliphatic rings. The van der Waals surface area contributed by atoms with Crippen LogP contribution in [0.2, 0.25) is 0 Å². The van der Waals surface area contributed by atoms with Crippen LogP contribution < -0.4 is 20.1 Å². The van der Waals surface area contributed by atoms with Crippen molar-refractivity contribution in [2.75, 3.05) is 32.6 Å². The lowest BCUT2D eigenvalue weighted by atomic mass is 10.2. The normalized spacial score (nSPS) is 10.3. The maximum atomic E-state index is 12.3. The molecule has 0 spiro atoms. The minimum Gasteiger partial charge on any atom is -0.497 e. The Balaban J connectivity index is 1.53. The van der Waals surface area contributed by atoms with E-state index in [2.05, 4.69) is 20.6 Å². The number of hydrogen-bond acceptors (Lipinski definition) is 6. The van der Waals surface area contributed by atoms with Crippen LogP contribution in [0.15, 0.2) is 55.1 Å². The monoisotopic (exact) mass is 367 g/mol. The second kappa shape index (κ2) is 8.70. The molecule has 0 aliphatic heterocycles. The lowest BCUT2D eigenvalue weighted by Gasteiger charge is -2.10. The highest BCUT2D eigenvalue weighted by atomic mass is 16.5. The van der Waals surface area contributed by atoms with Gasteiger partial charge in [0, 0.05) is 43.2 Å². The van der Waals surface area contributed by atoms with Gasteiger partial charge in [0.15, 0.2) is 0 Å². The van der Waals surface area contributed by atoms with Gasteiger partial charge in [0.25, 0.3) is 5.91 Å². The molecule has 27 heavy (non-hydrogen) atoms. The zero-order valence-electron chi connectivity index (χ0n) is 15.2. The fourth-order valence-electron chi connectivity index (χ4n) is 2.48. The van der Waals surface area contributed by atoms with Crippen LogP contribution in [0.4, 0.5) is 5.82 Å². The first-order chi connectivity index (χ1) is 13.2. The number of aromatic nitrogens is 3. The molecule has 8 nitrogen and oxygen atoms in total. The highest BCUT2D eigenvalue weighted by Gasteiger charge is 2.09. The third kappa shape index (κ3) is 4.75. The van der Waals surface area contributed by atoms with Gasteiger partial charge in [0.2, 0.25) is 0 Å². The van der Waals surface area contributed by atoms with E-state index in [4.69, 9.17) is 9.47 Å². The van der Waals surface area contributed by atoms with Gasteiger partial charge in [0.05, 0.1) is 14.2 Å². The number of methoxy groups -OCH3 is 2. The van der Waals surface area contributed by atoms with Gasteiger partial charge in [-0.3, -0.25) is 4.79 Å². The van der Waals surface area contributed by atoms with Gasteiger partial charge in [-0.15, -0.1) is 0 Å². The molecule has 3 rings (SSSR count). The Hall–Kier alpha value is -3.55. The first-order valence-corrected chi connectivity index (χ1v) is 8.40. The molecule has 0 fully saturated rings. The number of ether oxygens (including phenoxy) is 2. The minimum atomic E-state index is -0.204. The molecule has 0 saturated carbocycles. The molecule has 0 atom stereocenters. The molecule has 0 aliphatic carbocycles. The Labute approximate surface area is 157 Å². The van der Waals surface area contributed by atoms with Gasteiger partial charge >= 0.3 is 0 Å². The molecule has 1 aromatic carbocycles. The Morgan fingerprint density at radius 2 is 1.70 bits per heavy atom. The van der Waals surface area contributed by atoms with Crippen molar-refractivity contribution in [1.29, 1.82) is 0 Å². The van der Waals surface area contributed by atoms with Crippen molar-refractivity contribution >= 4 is 11.7 Å². The maximum absolute atomic E-state index is 12.3. The maximum Gasteiger partial charge on any atom is 0.251 e. The second-order valence-corrected chi connectivity index (χ2v) is 5.64. The number of benzene rings is 1. The van der Waals surface area contributed by atoms with Gasteiger partial charge < -0.3 is 24.7 Å². The Bertz CT molecular complexity index is 874. The van der Waals surface area contributed by atoms with Crippen LogP contribution in [-0.4, -0.2) is 47.8 Å². The number of rotatable bonds is 8. The van der Waals surface area contributed by atoms with Crippen molar-refractivity contribution in [3.05, 3.63) is 60.7 Å². The topological polar surface area (TPSA) is 90.3 Å². The van der Waals surface area contributed by atoms with Crippen LogP contribution in [0.25, 0.3) is 5.82 Å². The summed E-state index contributed by atoms with van der Waals surface area (Å²) in [6.07, 6.45) is 5.32. The molecule has 2 N–H and O–H groups in total. The first-order valence-electron chi connectivity index (χ1n) is 8.40. The van der Waals surface area contributed by atoms with Crippen LogP contribution in [0.1, 0.15) is 10.4 Å². The van der Waals surface area contributed by atoms with E-state index in [-0.39, 0.29) is 5.91 Å². The summed E-state index contributed by atoms with van der Waals surface area (Å²) >= 11 is 0. The van der Waals surface area contributed by atoms with Crippen LogP contribution >= 0.6 is 0 Å². The molecule has 3 aromatic rings. The molecule has 140 valence electrons. The Morgan fingerprint density at radius 1 is 1.00 bits per heavy atom. The van der Waals surface area contributed by atoms with Crippen molar-refractivity contribution in [1.82, 2.24) is 19.9 Å². The van der Waals surface area contributed by atoms with E-state index in [9.17, 15) is 4.79 Å². The van der Waals surface area contributed by atoms with E-state index < -0.39 is 0 Å². The van der Waals surface area contributed by atoms with Crippen LogP contribution in [0.3, 0.4) is 0 Å². The van der Waals surface area contributed by atoms with Crippen LogP contribution in [0.5, 0.6) is 11.5 Å². The highest BCUT2D eigenvalue weighted by Crippen LogP contribution is 2.22. The zero-order chi connectivity index (χ0) is 19.1. The van der Waals surface area contributed by atoms with Crippen molar-refractivity contribution in [2.24, 2.45) is 0 Å². The first kappa shape index (κ1) is 18.2. The van der Waals surface area contributed by atoms with E-state index in [1.165, 1.54) is 6.33 Å². The van der Waals surface area contributed by atoms with Crippen molar-refractivity contribution < 1.29 is 14.3 Å². The SMILES string of the molecule is COc1cc(OC)cc(C(=O)NCCNc2cc(-n3cccc3)ncn2)c1. The molecule has 0 saturated heterocycles. The number of amides is 1. The van der Waals surface area contributed by atoms with E-state index >= 15 is 0 Å². The third-order valence-electron chi connectivity index (χ3n) is 3.85. The number of nitrogens with one attached hydrogen (secondary N) is 2. The van der Waals surface area contributed by atoms with Crippen molar-refractivity contribution in [3.63, 3.8) is 0 Å². The number of anilines is 1. The summed E-state index contributed by atoms with van der Waals surface area (Å²) in [6.45, 7) is 0.955. The smallest absolute Gasteiger partial charge is 0.251 e. The standard InChI is InChI=1S/C19H21N5O3/c1-26-15-9-14(10-16(11-15)27-2)19(25)21-6-5-20-17-12-18(23-13-22-17)24-7-3-4-8-24/h3-4,7-13H,5-6H2,1-2H3,(H,21,25)(H,20,22,23). The summed E-state index contributed by atoms with van der Waals surface area (Å²) in [7, 11) is 3.09. The molecule has 1 amide bonds. The van der Waals surface area contributed by atoms with Crippen LogP contribution in [-0.2, 0) is 0 Å². The fraction of sp³-hybridized carbons (Fsp3) is 0.211. The number of carbonyl (C=O) groups excluding carboxylic acids is 1.